The second-order valence-electron chi connectivity index (χ2n) is 5.84. The van der Waals surface area contributed by atoms with Gasteiger partial charge in [0.05, 0.1) is 10.6 Å². The third kappa shape index (κ3) is 3.00. The molecule has 1 aliphatic rings. The van der Waals surface area contributed by atoms with E-state index in [9.17, 15) is 8.42 Å². The molecule has 4 heteroatoms. The lowest BCUT2D eigenvalue weighted by atomic mass is 9.97. The van der Waals surface area contributed by atoms with E-state index in [1.807, 2.05) is 26.0 Å². The summed E-state index contributed by atoms with van der Waals surface area (Å²) in [6, 6.07) is 4.49. The number of sulfone groups is 1. The van der Waals surface area contributed by atoms with E-state index in [1.54, 1.807) is 0 Å². The van der Waals surface area contributed by atoms with Crippen LogP contribution >= 0.6 is 0 Å². The first-order valence-corrected chi connectivity index (χ1v) is 8.56. The molecule has 1 N–H and O–H groups in total. The molecule has 1 aromatic carbocycles. The molecule has 0 radical (unpaired) electrons. The second-order valence-corrected chi connectivity index (χ2v) is 7.88. The average Bonchev–Trinajstić information content (AvgIpc) is 2.35. The molecule has 0 saturated heterocycles. The zero-order chi connectivity index (χ0) is 14.2. The van der Waals surface area contributed by atoms with Crippen LogP contribution < -0.4 is 5.32 Å². The molecule has 1 unspecified atom stereocenters. The topological polar surface area (TPSA) is 46.2 Å². The van der Waals surface area contributed by atoms with Gasteiger partial charge in [-0.05, 0) is 37.8 Å². The molecule has 106 valence electrons. The quantitative estimate of drug-likeness (QED) is 0.906. The van der Waals surface area contributed by atoms with Gasteiger partial charge in [-0.3, -0.25) is 0 Å². The molecule has 1 aromatic rings. The van der Waals surface area contributed by atoms with Gasteiger partial charge >= 0.3 is 0 Å². The summed E-state index contributed by atoms with van der Waals surface area (Å²) in [5.74, 6) is 0.264. The normalized spacial score (nSPS) is 22.1. The summed E-state index contributed by atoms with van der Waals surface area (Å²) in [6.07, 6.45) is 1.60. The average molecular weight is 281 g/mol. The van der Waals surface area contributed by atoms with Crippen molar-refractivity contribution in [3.05, 3.63) is 28.8 Å². The Labute approximate surface area is 116 Å². The molecule has 0 saturated carbocycles. The van der Waals surface area contributed by atoms with Crippen molar-refractivity contribution in [2.45, 2.75) is 57.5 Å². The monoisotopic (exact) mass is 281 g/mol. The van der Waals surface area contributed by atoms with Gasteiger partial charge < -0.3 is 5.32 Å². The molecule has 1 heterocycles. The molecule has 0 fully saturated rings. The summed E-state index contributed by atoms with van der Waals surface area (Å²) in [4.78, 5) is 0.564. The number of rotatable bonds is 2. The maximum Gasteiger partial charge on any atom is 0.178 e. The van der Waals surface area contributed by atoms with E-state index >= 15 is 0 Å². The highest BCUT2D eigenvalue weighted by Crippen LogP contribution is 2.34. The third-order valence-corrected chi connectivity index (χ3v) is 5.58. The van der Waals surface area contributed by atoms with Crippen LogP contribution in [0.1, 0.15) is 49.4 Å². The zero-order valence-electron chi connectivity index (χ0n) is 12.2. The molecule has 2 rings (SSSR count). The Morgan fingerprint density at radius 2 is 1.95 bits per heavy atom. The highest BCUT2D eigenvalue weighted by Gasteiger charge is 2.29. The fraction of sp³-hybridized carbons (Fsp3) is 0.600. The van der Waals surface area contributed by atoms with Crippen molar-refractivity contribution in [2.24, 2.45) is 0 Å². The Hall–Kier alpha value is -0.870. The SMILES string of the molecule is Cc1cc(C)c2c(c1)C(NC(C)C)CCCS2(=O)=O. The van der Waals surface area contributed by atoms with E-state index in [1.165, 1.54) is 0 Å². The molecule has 0 aromatic heterocycles. The Balaban J connectivity index is 2.62. The first-order valence-electron chi connectivity index (χ1n) is 6.91. The van der Waals surface area contributed by atoms with Gasteiger partial charge in [0.2, 0.25) is 0 Å². The lowest BCUT2D eigenvalue weighted by molar-refractivity contribution is 0.447. The van der Waals surface area contributed by atoms with Crippen LogP contribution in [0.2, 0.25) is 0 Å². The van der Waals surface area contributed by atoms with Crippen LogP contribution in [0.15, 0.2) is 17.0 Å². The van der Waals surface area contributed by atoms with Gasteiger partial charge in [-0.15, -0.1) is 0 Å². The highest BCUT2D eigenvalue weighted by molar-refractivity contribution is 7.91. The van der Waals surface area contributed by atoms with Crippen molar-refractivity contribution in [2.75, 3.05) is 5.75 Å². The molecule has 0 spiro atoms. The first-order chi connectivity index (χ1) is 8.81. The van der Waals surface area contributed by atoms with E-state index < -0.39 is 9.84 Å². The highest BCUT2D eigenvalue weighted by atomic mass is 32.2. The van der Waals surface area contributed by atoms with Crippen LogP contribution in [-0.4, -0.2) is 20.2 Å². The number of hydrogen-bond acceptors (Lipinski definition) is 3. The molecular weight excluding hydrogens is 258 g/mol. The van der Waals surface area contributed by atoms with Crippen molar-refractivity contribution in [1.82, 2.24) is 5.32 Å². The smallest absolute Gasteiger partial charge is 0.178 e. The summed E-state index contributed by atoms with van der Waals surface area (Å²) in [6.45, 7) is 8.13. The van der Waals surface area contributed by atoms with Crippen molar-refractivity contribution in [3.63, 3.8) is 0 Å². The van der Waals surface area contributed by atoms with Crippen LogP contribution in [0.4, 0.5) is 0 Å². The van der Waals surface area contributed by atoms with Crippen LogP contribution in [0, 0.1) is 13.8 Å². The number of nitrogens with one attached hydrogen (secondary N) is 1. The van der Waals surface area contributed by atoms with Crippen molar-refractivity contribution in [1.29, 1.82) is 0 Å². The summed E-state index contributed by atoms with van der Waals surface area (Å²) in [5, 5.41) is 3.51. The van der Waals surface area contributed by atoms with Crippen LogP contribution in [0.5, 0.6) is 0 Å². The van der Waals surface area contributed by atoms with E-state index in [0.29, 0.717) is 10.9 Å². The molecule has 1 aliphatic heterocycles. The number of benzene rings is 1. The molecule has 0 aliphatic carbocycles. The van der Waals surface area contributed by atoms with Crippen LogP contribution in [-0.2, 0) is 9.84 Å². The van der Waals surface area contributed by atoms with Crippen molar-refractivity contribution >= 4 is 9.84 Å². The summed E-state index contributed by atoms with van der Waals surface area (Å²) in [7, 11) is -3.13. The summed E-state index contributed by atoms with van der Waals surface area (Å²) in [5.41, 5.74) is 2.97. The molecular formula is C15H23NO2S. The second kappa shape index (κ2) is 5.25. The van der Waals surface area contributed by atoms with Gasteiger partial charge in [0.25, 0.3) is 0 Å². The predicted octanol–water partition coefficient (Wildman–Crippen LogP) is 2.91. The largest absolute Gasteiger partial charge is 0.308 e. The lowest BCUT2D eigenvalue weighted by Crippen LogP contribution is -2.28. The predicted molar refractivity (Wildman–Crippen MR) is 78.2 cm³/mol. The fourth-order valence-electron chi connectivity index (χ4n) is 2.98. The van der Waals surface area contributed by atoms with Gasteiger partial charge in [0, 0.05) is 12.1 Å². The fourth-order valence-corrected chi connectivity index (χ4v) is 4.84. The van der Waals surface area contributed by atoms with E-state index in [4.69, 9.17) is 0 Å². The minimum Gasteiger partial charge on any atom is -0.308 e. The van der Waals surface area contributed by atoms with Crippen molar-refractivity contribution < 1.29 is 8.42 Å². The number of hydrogen-bond donors (Lipinski definition) is 1. The Morgan fingerprint density at radius 3 is 2.58 bits per heavy atom. The molecule has 19 heavy (non-hydrogen) atoms. The summed E-state index contributed by atoms with van der Waals surface area (Å²) < 4.78 is 24.9. The first kappa shape index (κ1) is 14.5. The molecule has 3 nitrogen and oxygen atoms in total. The number of fused-ring (bicyclic) bond motifs is 1. The zero-order valence-corrected chi connectivity index (χ0v) is 13.0. The van der Waals surface area contributed by atoms with Gasteiger partial charge in [0.15, 0.2) is 9.84 Å². The van der Waals surface area contributed by atoms with Gasteiger partial charge in [-0.2, -0.15) is 0 Å². The van der Waals surface area contributed by atoms with E-state index in [-0.39, 0.29) is 11.8 Å². The van der Waals surface area contributed by atoms with Gasteiger partial charge in [-0.1, -0.05) is 31.5 Å². The van der Waals surface area contributed by atoms with Gasteiger partial charge in [0.1, 0.15) is 0 Å². The lowest BCUT2D eigenvalue weighted by Gasteiger charge is -2.22. The Kier molecular flexibility index (Phi) is 4.02. The molecule has 0 amide bonds. The summed E-state index contributed by atoms with van der Waals surface area (Å²) >= 11 is 0. The van der Waals surface area contributed by atoms with Gasteiger partial charge in [-0.25, -0.2) is 8.42 Å². The minimum absolute atomic E-state index is 0.144. The van der Waals surface area contributed by atoms with E-state index in [0.717, 1.165) is 29.5 Å². The number of aryl methyl sites for hydroxylation is 2. The van der Waals surface area contributed by atoms with Crippen LogP contribution in [0.3, 0.4) is 0 Å². The minimum atomic E-state index is -3.13. The maximum atomic E-state index is 12.4. The Bertz CT molecular complexity index is 576. The molecule has 1 atom stereocenters. The maximum absolute atomic E-state index is 12.4. The molecule has 0 bridgehead atoms. The van der Waals surface area contributed by atoms with Crippen molar-refractivity contribution in [3.8, 4) is 0 Å². The Morgan fingerprint density at radius 1 is 1.26 bits per heavy atom. The van der Waals surface area contributed by atoms with Crippen LogP contribution in [0.25, 0.3) is 0 Å². The third-order valence-electron chi connectivity index (χ3n) is 3.57. The standard InChI is InChI=1S/C15H23NO2S/c1-10(2)16-14-6-5-7-19(17,18)15-12(4)8-11(3)9-13(14)15/h8-10,14,16H,5-7H2,1-4H3. The van der Waals surface area contributed by atoms with E-state index in [2.05, 4.69) is 19.2 Å².